The third-order valence-electron chi connectivity index (χ3n) is 15.6. The molecule has 4 spiro atoms. The van der Waals surface area contributed by atoms with Gasteiger partial charge in [0.25, 0.3) is 6.47 Å². The zero-order valence-electron chi connectivity index (χ0n) is 26.7. The predicted molar refractivity (Wildman–Crippen MR) is 172 cm³/mol. The monoisotopic (exact) mass is 898 g/mol. The molecule has 258 valence electrons. The maximum Gasteiger partial charge on any atom is 0.342 e. The molecule has 7 heterocycles. The summed E-state index contributed by atoms with van der Waals surface area (Å²) < 4.78 is 48.0. The fourth-order valence-electron chi connectivity index (χ4n) is 13.9. The molecule has 11 aliphatic rings. The first-order valence-corrected chi connectivity index (χ1v) is 19.6. The second-order valence-electron chi connectivity index (χ2n) is 16.9. The van der Waals surface area contributed by atoms with E-state index < -0.39 is 74.5 Å². The Kier molecular flexibility index (Phi) is 5.53. The van der Waals surface area contributed by atoms with E-state index in [0.29, 0.717) is 30.0 Å². The van der Waals surface area contributed by atoms with Crippen molar-refractivity contribution in [3.63, 3.8) is 0 Å². The number of hydrogen-bond donors (Lipinski definition) is 1. The van der Waals surface area contributed by atoms with E-state index in [0.717, 1.165) is 0 Å². The number of aliphatic hydroxyl groups is 1. The molecule has 4 aliphatic carbocycles. The average Bonchev–Trinajstić information content (AvgIpc) is 3.75. The highest BCUT2D eigenvalue weighted by Crippen LogP contribution is 2.85. The van der Waals surface area contributed by atoms with Crippen LogP contribution in [0.4, 0.5) is 0 Å². The number of fused-ring (bicyclic) bond motifs is 2. The van der Waals surface area contributed by atoms with Crippen molar-refractivity contribution in [2.75, 3.05) is 10.7 Å². The molecular formula is C32H37Br2IO12. The third kappa shape index (κ3) is 2.58. The normalized spacial score (nSPS) is 68.9. The second kappa shape index (κ2) is 8.24. The van der Waals surface area contributed by atoms with E-state index in [1.807, 2.05) is 20.8 Å². The van der Waals surface area contributed by atoms with Gasteiger partial charge in [0, 0.05) is 35.3 Å². The number of ether oxygens (including phenoxy) is 8. The SMILES string of the molecule is CC1(I)C2C(OC=O)C3OC(=O)[C@@]45O[C@@H]4CC1(O[C@]2(C)CBr)C35C.CC12C3C(O[C@H]1O)C1OC(=O)[C@@]45O[C@@H]4CC2(O[C@]3(C)CBr)C15C. The summed E-state index contributed by atoms with van der Waals surface area (Å²) in [6.07, 6.45) is -1.90. The van der Waals surface area contributed by atoms with E-state index in [2.05, 4.69) is 75.2 Å². The molecule has 4 saturated carbocycles. The number of hydrogen-bond acceptors (Lipinski definition) is 12. The van der Waals surface area contributed by atoms with E-state index in [4.69, 9.17) is 37.9 Å². The van der Waals surface area contributed by atoms with Crippen molar-refractivity contribution in [3.05, 3.63) is 0 Å². The van der Waals surface area contributed by atoms with Gasteiger partial charge in [-0.1, -0.05) is 61.4 Å². The molecule has 15 heteroatoms. The van der Waals surface area contributed by atoms with Crippen LogP contribution in [0.3, 0.4) is 0 Å². The zero-order valence-corrected chi connectivity index (χ0v) is 32.0. The highest BCUT2D eigenvalue weighted by molar-refractivity contribution is 14.1. The fraction of sp³-hybridized carbons (Fsp3) is 0.906. The van der Waals surface area contributed by atoms with Crippen molar-refractivity contribution < 1.29 is 57.4 Å². The van der Waals surface area contributed by atoms with Gasteiger partial charge in [-0.25, -0.2) is 9.59 Å². The van der Waals surface area contributed by atoms with Gasteiger partial charge >= 0.3 is 11.9 Å². The number of epoxide rings is 2. The first-order valence-electron chi connectivity index (χ1n) is 16.3. The van der Waals surface area contributed by atoms with Gasteiger partial charge in [0.15, 0.2) is 12.4 Å². The summed E-state index contributed by atoms with van der Waals surface area (Å²) in [5, 5.41) is 12.1. The lowest BCUT2D eigenvalue weighted by atomic mass is 9.48. The maximum absolute atomic E-state index is 12.7. The second-order valence-corrected chi connectivity index (χ2v) is 20.2. The highest BCUT2D eigenvalue weighted by Gasteiger charge is 3.01. The standard InChI is InChI=1S/C16H18BrIO6.C16H19BrO6/c1-12(5-17)9-8(21-6-19)10-13(2)15(24-12,14(9,3)18)4-7-16(13,23-7)11(20)22-10;1-12(5-17)8-7-9-14(3)15(23-12,13(8,2)10(18)20-7)4-6-16(14,22-6)11(19)21-9/h6-10H,4-5H2,1-3H3;6-10,18H,4-5H2,1-3H3/t7-,8?,9?,10?,12-,13?,14?,15?,16+;6-,7?,8?,9?,10-,12-,13?,14?,15?,16+/m11/s1. The van der Waals surface area contributed by atoms with Gasteiger partial charge < -0.3 is 43.0 Å². The van der Waals surface area contributed by atoms with Gasteiger partial charge in [-0.05, 0) is 34.6 Å². The van der Waals surface area contributed by atoms with Crippen LogP contribution in [-0.4, -0.2) is 114 Å². The van der Waals surface area contributed by atoms with Crippen LogP contribution in [0.5, 0.6) is 0 Å². The van der Waals surface area contributed by atoms with E-state index >= 15 is 0 Å². The van der Waals surface area contributed by atoms with E-state index in [-0.39, 0.29) is 45.5 Å². The lowest BCUT2D eigenvalue weighted by Gasteiger charge is -2.56. The zero-order chi connectivity index (χ0) is 33.5. The highest BCUT2D eigenvalue weighted by atomic mass is 127. The lowest BCUT2D eigenvalue weighted by molar-refractivity contribution is -0.230. The lowest BCUT2D eigenvalue weighted by Crippen LogP contribution is -2.71. The molecule has 47 heavy (non-hydrogen) atoms. The Labute approximate surface area is 301 Å². The number of halogens is 3. The molecule has 1 N–H and O–H groups in total. The predicted octanol–water partition coefficient (Wildman–Crippen LogP) is 2.48. The molecule has 0 amide bonds. The van der Waals surface area contributed by atoms with Crippen LogP contribution < -0.4 is 0 Å². The molecule has 6 bridgehead atoms. The Morgan fingerprint density at radius 2 is 1.36 bits per heavy atom. The maximum atomic E-state index is 12.7. The molecule has 12 unspecified atom stereocenters. The molecule has 7 saturated heterocycles. The van der Waals surface area contributed by atoms with Crippen molar-refractivity contribution >= 4 is 72.9 Å². The molecule has 12 nitrogen and oxygen atoms in total. The van der Waals surface area contributed by atoms with Gasteiger partial charge in [0.2, 0.25) is 11.2 Å². The number of aliphatic hydroxyl groups excluding tert-OH is 1. The summed E-state index contributed by atoms with van der Waals surface area (Å²) in [4.78, 5) is 36.5. The number of carbonyl (C=O) groups excluding carboxylic acids is 3. The van der Waals surface area contributed by atoms with Crippen LogP contribution in [0.15, 0.2) is 0 Å². The number of alkyl halides is 3. The topological polar surface area (TPSA) is 152 Å². The number of esters is 2. The quantitative estimate of drug-likeness (QED) is 0.110. The van der Waals surface area contributed by atoms with E-state index in [9.17, 15) is 19.5 Å². The Balaban J connectivity index is 0.000000121. The van der Waals surface area contributed by atoms with Gasteiger partial charge in [0.1, 0.15) is 30.5 Å². The molecule has 19 atom stereocenters. The molecular weight excluding hydrogens is 863 g/mol. The summed E-state index contributed by atoms with van der Waals surface area (Å²) >= 11 is 9.63. The molecule has 0 radical (unpaired) electrons. The Morgan fingerprint density at radius 3 is 1.94 bits per heavy atom. The Bertz CT molecular complexity index is 1600. The largest absolute Gasteiger partial charge is 0.460 e. The molecule has 0 aromatic heterocycles. The molecule has 11 rings (SSSR count). The van der Waals surface area contributed by atoms with Gasteiger partial charge in [0.05, 0.1) is 42.1 Å². The molecule has 0 aromatic carbocycles. The minimum Gasteiger partial charge on any atom is -0.460 e. The van der Waals surface area contributed by atoms with Crippen LogP contribution in [-0.2, 0) is 52.3 Å². The van der Waals surface area contributed by atoms with Gasteiger partial charge in [-0.2, -0.15) is 0 Å². The number of carbonyl (C=O) groups is 3. The fourth-order valence-corrected chi connectivity index (χ4v) is 16.7. The molecule has 7 aliphatic heterocycles. The summed E-state index contributed by atoms with van der Waals surface area (Å²) in [5.74, 6) is -0.757. The van der Waals surface area contributed by atoms with Gasteiger partial charge in [-0.15, -0.1) is 0 Å². The average molecular weight is 900 g/mol. The van der Waals surface area contributed by atoms with Crippen molar-refractivity contribution in [2.45, 2.75) is 134 Å². The minimum atomic E-state index is -0.947. The van der Waals surface area contributed by atoms with Crippen LogP contribution in [0.1, 0.15) is 54.4 Å². The van der Waals surface area contributed by atoms with Crippen molar-refractivity contribution in [1.29, 1.82) is 0 Å². The van der Waals surface area contributed by atoms with Crippen LogP contribution in [0, 0.1) is 28.1 Å². The summed E-state index contributed by atoms with van der Waals surface area (Å²) in [5.41, 5.74) is -5.99. The number of rotatable bonds is 4. The Morgan fingerprint density at radius 1 is 0.851 bits per heavy atom. The van der Waals surface area contributed by atoms with Crippen LogP contribution in [0.25, 0.3) is 0 Å². The first-order chi connectivity index (χ1) is 21.9. The van der Waals surface area contributed by atoms with Crippen LogP contribution in [0.2, 0.25) is 0 Å². The van der Waals surface area contributed by atoms with Gasteiger partial charge in [-0.3, -0.25) is 4.79 Å². The van der Waals surface area contributed by atoms with E-state index in [1.54, 1.807) is 0 Å². The van der Waals surface area contributed by atoms with E-state index in [1.165, 1.54) is 0 Å². The Hall–Kier alpha value is -0.140. The molecule has 11 fully saturated rings. The van der Waals surface area contributed by atoms with Crippen LogP contribution >= 0.6 is 54.5 Å². The van der Waals surface area contributed by atoms with Crippen molar-refractivity contribution in [2.24, 2.45) is 28.1 Å². The summed E-state index contributed by atoms with van der Waals surface area (Å²) in [6.45, 7) is 12.8. The minimum absolute atomic E-state index is 0.0390. The summed E-state index contributed by atoms with van der Waals surface area (Å²) in [6, 6.07) is 0. The smallest absolute Gasteiger partial charge is 0.342 e. The van der Waals surface area contributed by atoms with Crippen molar-refractivity contribution in [1.82, 2.24) is 0 Å². The molecule has 0 aromatic rings. The van der Waals surface area contributed by atoms with Crippen molar-refractivity contribution in [3.8, 4) is 0 Å². The third-order valence-corrected chi connectivity index (χ3v) is 19.4. The summed E-state index contributed by atoms with van der Waals surface area (Å²) in [7, 11) is 0. The first kappa shape index (κ1) is 31.6.